The summed E-state index contributed by atoms with van der Waals surface area (Å²) < 4.78 is 5.03. The highest BCUT2D eigenvalue weighted by Crippen LogP contribution is 2.31. The Balaban J connectivity index is 2.15. The molecule has 0 aromatic heterocycles. The Kier molecular flexibility index (Phi) is 3.17. The Hall–Kier alpha value is -1.06. The molecule has 4 heteroatoms. The molecule has 86 valence electrons. The maximum absolute atomic E-state index is 12.0. The summed E-state index contributed by atoms with van der Waals surface area (Å²) in [6.07, 6.45) is 1.56. The normalized spacial score (nSPS) is 23.7. The molecule has 2 rings (SSSR count). The summed E-state index contributed by atoms with van der Waals surface area (Å²) in [6.45, 7) is 0. The second-order valence-electron chi connectivity index (χ2n) is 4.14. The quantitative estimate of drug-likeness (QED) is 0.824. The average Bonchev–Trinajstić information content (AvgIpc) is 2.24. The van der Waals surface area contributed by atoms with Gasteiger partial charge in [-0.1, -0.05) is 11.6 Å². The van der Waals surface area contributed by atoms with Crippen molar-refractivity contribution in [2.75, 3.05) is 7.11 Å². The molecule has 2 N–H and O–H groups in total. The molecule has 0 saturated heterocycles. The number of nitrogens with two attached hydrogens (primary N) is 1. The van der Waals surface area contributed by atoms with Crippen molar-refractivity contribution in [3.63, 3.8) is 0 Å². The van der Waals surface area contributed by atoms with Crippen LogP contribution in [0.15, 0.2) is 18.2 Å². The van der Waals surface area contributed by atoms with E-state index < -0.39 is 0 Å². The zero-order valence-corrected chi connectivity index (χ0v) is 9.83. The van der Waals surface area contributed by atoms with Crippen LogP contribution in [0.3, 0.4) is 0 Å². The van der Waals surface area contributed by atoms with E-state index in [4.69, 9.17) is 22.1 Å². The van der Waals surface area contributed by atoms with Crippen molar-refractivity contribution in [2.45, 2.75) is 18.9 Å². The second kappa shape index (κ2) is 4.44. The van der Waals surface area contributed by atoms with Crippen molar-refractivity contribution in [3.8, 4) is 5.75 Å². The minimum absolute atomic E-state index is 0.0689. The standard InChI is InChI=1S/C12H14ClNO2/c1-16-11-3-2-7(6-10(11)13)12(15)8-4-9(14)5-8/h2-3,6,8-9H,4-5,14H2,1H3. The molecule has 0 atom stereocenters. The summed E-state index contributed by atoms with van der Waals surface area (Å²) >= 11 is 5.97. The van der Waals surface area contributed by atoms with Crippen molar-refractivity contribution < 1.29 is 9.53 Å². The van der Waals surface area contributed by atoms with E-state index in [-0.39, 0.29) is 17.7 Å². The first-order valence-electron chi connectivity index (χ1n) is 5.25. The molecule has 0 unspecified atom stereocenters. The Labute approximate surface area is 99.5 Å². The van der Waals surface area contributed by atoms with Gasteiger partial charge < -0.3 is 10.5 Å². The predicted octanol–water partition coefficient (Wildman–Crippen LogP) is 2.27. The third kappa shape index (κ3) is 2.06. The summed E-state index contributed by atoms with van der Waals surface area (Å²) in [6, 6.07) is 5.31. The van der Waals surface area contributed by atoms with Gasteiger partial charge in [-0.3, -0.25) is 4.79 Å². The van der Waals surface area contributed by atoms with Gasteiger partial charge in [0.15, 0.2) is 5.78 Å². The lowest BCUT2D eigenvalue weighted by molar-refractivity contribution is 0.0832. The lowest BCUT2D eigenvalue weighted by atomic mass is 9.76. The van der Waals surface area contributed by atoms with Crippen molar-refractivity contribution in [3.05, 3.63) is 28.8 Å². The molecule has 1 saturated carbocycles. The minimum atomic E-state index is 0.0689. The first-order chi connectivity index (χ1) is 7.61. The fourth-order valence-electron chi connectivity index (χ4n) is 1.93. The maximum atomic E-state index is 12.0. The zero-order chi connectivity index (χ0) is 11.7. The van der Waals surface area contributed by atoms with Gasteiger partial charge in [-0.25, -0.2) is 0 Å². The summed E-state index contributed by atoms with van der Waals surface area (Å²) in [5.41, 5.74) is 6.30. The summed E-state index contributed by atoms with van der Waals surface area (Å²) in [7, 11) is 1.55. The molecule has 0 bridgehead atoms. The van der Waals surface area contributed by atoms with E-state index in [2.05, 4.69) is 0 Å². The maximum Gasteiger partial charge on any atom is 0.166 e. The molecule has 0 amide bonds. The Bertz CT molecular complexity index is 413. The molecular formula is C12H14ClNO2. The summed E-state index contributed by atoms with van der Waals surface area (Å²) in [4.78, 5) is 12.0. The van der Waals surface area contributed by atoms with Gasteiger partial charge in [0.05, 0.1) is 12.1 Å². The molecule has 0 aliphatic heterocycles. The second-order valence-corrected chi connectivity index (χ2v) is 4.55. The molecule has 1 aliphatic carbocycles. The van der Waals surface area contributed by atoms with Gasteiger partial charge in [0.2, 0.25) is 0 Å². The van der Waals surface area contributed by atoms with Gasteiger partial charge in [0, 0.05) is 17.5 Å². The first-order valence-corrected chi connectivity index (χ1v) is 5.63. The van der Waals surface area contributed by atoms with Crippen molar-refractivity contribution >= 4 is 17.4 Å². The van der Waals surface area contributed by atoms with Gasteiger partial charge in [0.25, 0.3) is 0 Å². The Morgan fingerprint density at radius 3 is 2.69 bits per heavy atom. The van der Waals surface area contributed by atoms with Crippen molar-refractivity contribution in [2.24, 2.45) is 11.7 Å². The molecule has 3 nitrogen and oxygen atoms in total. The fraction of sp³-hybridized carbons (Fsp3) is 0.417. The van der Waals surface area contributed by atoms with Crippen LogP contribution in [-0.2, 0) is 0 Å². The van der Waals surface area contributed by atoms with E-state index in [1.54, 1.807) is 25.3 Å². The number of ketones is 1. The van der Waals surface area contributed by atoms with Gasteiger partial charge in [0.1, 0.15) is 5.75 Å². The third-order valence-corrected chi connectivity index (χ3v) is 3.28. The number of halogens is 1. The van der Waals surface area contributed by atoms with Crippen LogP contribution >= 0.6 is 11.6 Å². The number of rotatable bonds is 3. The number of hydrogen-bond donors (Lipinski definition) is 1. The van der Waals surface area contributed by atoms with Gasteiger partial charge >= 0.3 is 0 Å². The highest BCUT2D eigenvalue weighted by Gasteiger charge is 2.32. The van der Waals surface area contributed by atoms with E-state index in [0.29, 0.717) is 16.3 Å². The predicted molar refractivity (Wildman–Crippen MR) is 63.0 cm³/mol. The van der Waals surface area contributed by atoms with E-state index in [0.717, 1.165) is 12.8 Å². The van der Waals surface area contributed by atoms with E-state index in [1.807, 2.05) is 0 Å². The number of carbonyl (C=O) groups is 1. The molecule has 0 radical (unpaired) electrons. The number of benzene rings is 1. The lowest BCUT2D eigenvalue weighted by Gasteiger charge is -2.31. The molecule has 16 heavy (non-hydrogen) atoms. The lowest BCUT2D eigenvalue weighted by Crippen LogP contribution is -2.40. The first kappa shape index (κ1) is 11.4. The minimum Gasteiger partial charge on any atom is -0.495 e. The summed E-state index contributed by atoms with van der Waals surface area (Å²) in [5, 5.41) is 0.469. The highest BCUT2D eigenvalue weighted by molar-refractivity contribution is 6.32. The Morgan fingerprint density at radius 1 is 1.50 bits per heavy atom. The van der Waals surface area contributed by atoms with Crippen LogP contribution in [0.25, 0.3) is 0 Å². The number of Topliss-reactive ketones (excluding diaryl/α,β-unsaturated/α-hetero) is 1. The highest BCUT2D eigenvalue weighted by atomic mass is 35.5. The topological polar surface area (TPSA) is 52.3 Å². The molecule has 1 aliphatic rings. The zero-order valence-electron chi connectivity index (χ0n) is 9.07. The SMILES string of the molecule is COc1ccc(C(=O)C2CC(N)C2)cc1Cl. The number of carbonyl (C=O) groups excluding carboxylic acids is 1. The molecule has 1 aromatic carbocycles. The van der Waals surface area contributed by atoms with E-state index in [1.165, 1.54) is 0 Å². The van der Waals surface area contributed by atoms with Crippen LogP contribution in [0.1, 0.15) is 23.2 Å². The van der Waals surface area contributed by atoms with Crippen LogP contribution in [0, 0.1) is 5.92 Å². The van der Waals surface area contributed by atoms with Crippen molar-refractivity contribution in [1.29, 1.82) is 0 Å². The number of methoxy groups -OCH3 is 1. The van der Waals surface area contributed by atoms with Crippen LogP contribution < -0.4 is 10.5 Å². The van der Waals surface area contributed by atoms with Gasteiger partial charge in [-0.2, -0.15) is 0 Å². The van der Waals surface area contributed by atoms with Crippen molar-refractivity contribution in [1.82, 2.24) is 0 Å². The molecule has 1 fully saturated rings. The fourth-order valence-corrected chi connectivity index (χ4v) is 2.19. The van der Waals surface area contributed by atoms with Crippen LogP contribution in [0.2, 0.25) is 5.02 Å². The van der Waals surface area contributed by atoms with E-state index >= 15 is 0 Å². The smallest absolute Gasteiger partial charge is 0.166 e. The van der Waals surface area contributed by atoms with E-state index in [9.17, 15) is 4.79 Å². The number of ether oxygens (including phenoxy) is 1. The van der Waals surface area contributed by atoms with Crippen LogP contribution in [-0.4, -0.2) is 18.9 Å². The molecular weight excluding hydrogens is 226 g/mol. The molecule has 1 aromatic rings. The van der Waals surface area contributed by atoms with Gasteiger partial charge in [-0.05, 0) is 31.0 Å². The third-order valence-electron chi connectivity index (χ3n) is 2.98. The van der Waals surface area contributed by atoms with Crippen LogP contribution in [0.4, 0.5) is 0 Å². The van der Waals surface area contributed by atoms with Gasteiger partial charge in [-0.15, -0.1) is 0 Å². The number of hydrogen-bond acceptors (Lipinski definition) is 3. The molecule has 0 spiro atoms. The largest absolute Gasteiger partial charge is 0.495 e. The average molecular weight is 240 g/mol. The monoisotopic (exact) mass is 239 g/mol. The summed E-state index contributed by atoms with van der Waals surface area (Å²) in [5.74, 6) is 0.786. The molecule has 0 heterocycles. The van der Waals surface area contributed by atoms with Crippen LogP contribution in [0.5, 0.6) is 5.75 Å². The Morgan fingerprint density at radius 2 is 2.19 bits per heavy atom.